The van der Waals surface area contributed by atoms with Crippen molar-refractivity contribution >= 4 is 11.8 Å². The fourth-order valence-corrected chi connectivity index (χ4v) is 3.69. The van der Waals surface area contributed by atoms with Crippen molar-refractivity contribution in [2.24, 2.45) is 0 Å². The van der Waals surface area contributed by atoms with Crippen molar-refractivity contribution in [3.8, 4) is 0 Å². The Morgan fingerprint density at radius 3 is 2.71 bits per heavy atom. The van der Waals surface area contributed by atoms with Gasteiger partial charge in [-0.2, -0.15) is 0 Å². The van der Waals surface area contributed by atoms with Crippen LogP contribution in [0.4, 0.5) is 0 Å². The number of carbonyl (C=O) groups excluding carboxylic acids is 2. The Balaban J connectivity index is 1.63. The standard InChI is InChI=1S/C16H25N3O2/c1-2-18-7-9-19(10-8-18)15(20)11-13-12-5-3-4-6-14(12)17-16(13)21/h14H,2-11H2,1H3,(H,17,21). The predicted molar refractivity (Wildman–Crippen MR) is 80.7 cm³/mol. The lowest BCUT2D eigenvalue weighted by Gasteiger charge is -2.34. The molecule has 3 aliphatic rings. The zero-order valence-electron chi connectivity index (χ0n) is 12.9. The molecule has 0 aromatic rings. The predicted octanol–water partition coefficient (Wildman–Crippen LogP) is 0.910. The molecule has 0 bridgehead atoms. The monoisotopic (exact) mass is 291 g/mol. The highest BCUT2D eigenvalue weighted by Crippen LogP contribution is 2.32. The number of nitrogens with zero attached hydrogens (tertiary/aromatic N) is 2. The van der Waals surface area contributed by atoms with Crippen molar-refractivity contribution in [1.29, 1.82) is 0 Å². The molecule has 21 heavy (non-hydrogen) atoms. The van der Waals surface area contributed by atoms with E-state index in [0.29, 0.717) is 6.42 Å². The van der Waals surface area contributed by atoms with Gasteiger partial charge in [-0.15, -0.1) is 0 Å². The minimum atomic E-state index is -0.00237. The smallest absolute Gasteiger partial charge is 0.248 e. The van der Waals surface area contributed by atoms with Crippen LogP contribution in [-0.4, -0.2) is 60.4 Å². The molecular weight excluding hydrogens is 266 g/mol. The fourth-order valence-electron chi connectivity index (χ4n) is 3.69. The summed E-state index contributed by atoms with van der Waals surface area (Å²) in [6.45, 7) is 6.67. The Kier molecular flexibility index (Phi) is 4.29. The minimum absolute atomic E-state index is 0.00237. The van der Waals surface area contributed by atoms with Gasteiger partial charge in [0.25, 0.3) is 0 Å². The van der Waals surface area contributed by atoms with E-state index in [1.807, 2.05) is 4.90 Å². The summed E-state index contributed by atoms with van der Waals surface area (Å²) in [4.78, 5) is 28.8. The van der Waals surface area contributed by atoms with Gasteiger partial charge >= 0.3 is 0 Å². The SMILES string of the molecule is CCN1CCN(C(=O)CC2=C3CCCCC3NC2=O)CC1. The molecule has 1 saturated carbocycles. The molecule has 0 aromatic carbocycles. The number of carbonyl (C=O) groups is 2. The van der Waals surface area contributed by atoms with E-state index >= 15 is 0 Å². The van der Waals surface area contributed by atoms with Gasteiger partial charge in [-0.3, -0.25) is 9.59 Å². The molecule has 2 fully saturated rings. The summed E-state index contributed by atoms with van der Waals surface area (Å²) in [7, 11) is 0. The second-order valence-electron chi connectivity index (χ2n) is 6.27. The molecule has 5 nitrogen and oxygen atoms in total. The molecule has 0 radical (unpaired) electrons. The number of likely N-dealkylation sites (N-methyl/N-ethyl adjacent to an activating group) is 1. The lowest BCUT2D eigenvalue weighted by atomic mass is 9.88. The Hall–Kier alpha value is -1.36. The van der Waals surface area contributed by atoms with Gasteiger partial charge in [-0.05, 0) is 31.4 Å². The molecule has 1 N–H and O–H groups in total. The maximum atomic E-state index is 12.5. The minimum Gasteiger partial charge on any atom is -0.346 e. The van der Waals surface area contributed by atoms with Crippen molar-refractivity contribution in [3.05, 3.63) is 11.1 Å². The molecule has 0 spiro atoms. The van der Waals surface area contributed by atoms with E-state index in [4.69, 9.17) is 0 Å². The number of hydrogen-bond donors (Lipinski definition) is 1. The molecule has 1 unspecified atom stereocenters. The van der Waals surface area contributed by atoms with Crippen molar-refractivity contribution in [1.82, 2.24) is 15.1 Å². The van der Waals surface area contributed by atoms with Crippen LogP contribution in [0.5, 0.6) is 0 Å². The lowest BCUT2D eigenvalue weighted by molar-refractivity contribution is -0.133. The third-order valence-electron chi connectivity index (χ3n) is 5.08. The molecule has 1 saturated heterocycles. The summed E-state index contributed by atoms with van der Waals surface area (Å²) in [6, 6.07) is 0.214. The molecule has 1 atom stereocenters. The second-order valence-corrected chi connectivity index (χ2v) is 6.27. The number of rotatable bonds is 3. The van der Waals surface area contributed by atoms with E-state index in [1.54, 1.807) is 0 Å². The molecule has 0 aromatic heterocycles. The van der Waals surface area contributed by atoms with Gasteiger partial charge in [-0.25, -0.2) is 0 Å². The first kappa shape index (κ1) is 14.6. The number of fused-ring (bicyclic) bond motifs is 1. The van der Waals surface area contributed by atoms with Crippen LogP contribution in [0.15, 0.2) is 11.1 Å². The summed E-state index contributed by atoms with van der Waals surface area (Å²) >= 11 is 0. The summed E-state index contributed by atoms with van der Waals surface area (Å²) in [5.74, 6) is 0.118. The average Bonchev–Trinajstić information content (AvgIpc) is 2.83. The highest BCUT2D eigenvalue weighted by atomic mass is 16.2. The van der Waals surface area contributed by atoms with Crippen LogP contribution < -0.4 is 5.32 Å². The van der Waals surface area contributed by atoms with Gasteiger partial charge in [-0.1, -0.05) is 13.3 Å². The van der Waals surface area contributed by atoms with E-state index in [2.05, 4.69) is 17.1 Å². The zero-order chi connectivity index (χ0) is 14.8. The van der Waals surface area contributed by atoms with Gasteiger partial charge in [0.15, 0.2) is 0 Å². The van der Waals surface area contributed by atoms with E-state index < -0.39 is 0 Å². The van der Waals surface area contributed by atoms with Gasteiger partial charge < -0.3 is 15.1 Å². The van der Waals surface area contributed by atoms with Gasteiger partial charge in [0.1, 0.15) is 0 Å². The third-order valence-corrected chi connectivity index (χ3v) is 5.08. The van der Waals surface area contributed by atoms with Crippen molar-refractivity contribution < 1.29 is 9.59 Å². The summed E-state index contributed by atoms with van der Waals surface area (Å²) in [5.41, 5.74) is 1.98. The van der Waals surface area contributed by atoms with Crippen LogP contribution in [-0.2, 0) is 9.59 Å². The summed E-state index contributed by atoms with van der Waals surface area (Å²) in [6.07, 6.45) is 4.63. The molecule has 2 heterocycles. The van der Waals surface area contributed by atoms with Crippen LogP contribution in [0.25, 0.3) is 0 Å². The topological polar surface area (TPSA) is 52.6 Å². The number of piperazine rings is 1. The quantitative estimate of drug-likeness (QED) is 0.841. The van der Waals surface area contributed by atoms with Crippen LogP contribution >= 0.6 is 0 Å². The zero-order valence-corrected chi connectivity index (χ0v) is 12.9. The van der Waals surface area contributed by atoms with Gasteiger partial charge in [0.2, 0.25) is 11.8 Å². The van der Waals surface area contributed by atoms with Crippen molar-refractivity contribution in [2.75, 3.05) is 32.7 Å². The van der Waals surface area contributed by atoms with Crippen molar-refractivity contribution in [2.45, 2.75) is 45.1 Å². The van der Waals surface area contributed by atoms with Crippen LogP contribution in [0.2, 0.25) is 0 Å². The number of amides is 2. The van der Waals surface area contributed by atoms with Crippen LogP contribution in [0.1, 0.15) is 39.0 Å². The first-order valence-corrected chi connectivity index (χ1v) is 8.22. The Morgan fingerprint density at radius 1 is 1.24 bits per heavy atom. The number of nitrogens with one attached hydrogen (secondary N) is 1. The summed E-state index contributed by atoms with van der Waals surface area (Å²) < 4.78 is 0. The maximum absolute atomic E-state index is 12.5. The Morgan fingerprint density at radius 2 is 2.00 bits per heavy atom. The lowest BCUT2D eigenvalue weighted by Crippen LogP contribution is -2.48. The maximum Gasteiger partial charge on any atom is 0.248 e. The highest BCUT2D eigenvalue weighted by Gasteiger charge is 2.34. The molecule has 2 amide bonds. The average molecular weight is 291 g/mol. The van der Waals surface area contributed by atoms with Crippen LogP contribution in [0.3, 0.4) is 0 Å². The second kappa shape index (κ2) is 6.18. The third kappa shape index (κ3) is 2.98. The van der Waals surface area contributed by atoms with Gasteiger partial charge in [0, 0.05) is 31.8 Å². The Labute approximate surface area is 126 Å². The molecular formula is C16H25N3O2. The normalized spacial score (nSPS) is 26.8. The summed E-state index contributed by atoms with van der Waals surface area (Å²) in [5, 5.41) is 3.04. The van der Waals surface area contributed by atoms with Gasteiger partial charge in [0.05, 0.1) is 12.5 Å². The molecule has 1 aliphatic carbocycles. The highest BCUT2D eigenvalue weighted by molar-refractivity contribution is 6.02. The van der Waals surface area contributed by atoms with Crippen molar-refractivity contribution in [3.63, 3.8) is 0 Å². The molecule has 2 aliphatic heterocycles. The molecule has 3 rings (SSSR count). The fraction of sp³-hybridized carbons (Fsp3) is 0.750. The first-order chi connectivity index (χ1) is 10.2. The van der Waals surface area contributed by atoms with Crippen LogP contribution in [0, 0.1) is 0 Å². The van der Waals surface area contributed by atoms with E-state index in [1.165, 1.54) is 12.0 Å². The largest absolute Gasteiger partial charge is 0.346 e. The number of hydrogen-bond acceptors (Lipinski definition) is 3. The van der Waals surface area contributed by atoms with E-state index in [0.717, 1.165) is 57.6 Å². The molecule has 116 valence electrons. The molecule has 5 heteroatoms. The first-order valence-electron chi connectivity index (χ1n) is 8.22. The Bertz CT molecular complexity index is 464. The van der Waals surface area contributed by atoms with E-state index in [9.17, 15) is 9.59 Å². The van der Waals surface area contributed by atoms with E-state index in [-0.39, 0.29) is 17.9 Å².